The van der Waals surface area contributed by atoms with Crippen LogP contribution in [0.25, 0.3) is 0 Å². The highest BCUT2D eigenvalue weighted by molar-refractivity contribution is 8.13. The first kappa shape index (κ1) is 16.9. The lowest BCUT2D eigenvalue weighted by Gasteiger charge is -2.38. The van der Waals surface area contributed by atoms with Gasteiger partial charge in [-0.3, -0.25) is 4.99 Å². The van der Waals surface area contributed by atoms with Gasteiger partial charge in [0.15, 0.2) is 5.17 Å². The highest BCUT2D eigenvalue weighted by Gasteiger charge is 2.31. The molecule has 1 atom stereocenters. The van der Waals surface area contributed by atoms with Crippen LogP contribution in [0, 0.1) is 5.92 Å². The average molecular weight is 310 g/mol. The predicted octanol–water partition coefficient (Wildman–Crippen LogP) is 3.48. The van der Waals surface area contributed by atoms with Gasteiger partial charge in [0, 0.05) is 26.2 Å². The number of piperazine rings is 1. The molecule has 4 heteroatoms. The lowest BCUT2D eigenvalue weighted by Crippen LogP contribution is -2.47. The third-order valence-electron chi connectivity index (χ3n) is 4.98. The molecule has 0 aromatic heterocycles. The van der Waals surface area contributed by atoms with Crippen LogP contribution >= 0.6 is 11.8 Å². The lowest BCUT2D eigenvalue weighted by molar-refractivity contribution is 0.214. The van der Waals surface area contributed by atoms with Crippen LogP contribution in [0.15, 0.2) is 16.6 Å². The molecule has 2 aliphatic rings. The van der Waals surface area contributed by atoms with E-state index in [0.29, 0.717) is 5.92 Å². The van der Waals surface area contributed by atoms with Gasteiger partial charge in [0.2, 0.25) is 0 Å². The first-order chi connectivity index (χ1) is 9.92. The fourth-order valence-electron chi connectivity index (χ4n) is 3.19. The number of hydrogen-bond donors (Lipinski definition) is 0. The van der Waals surface area contributed by atoms with Crippen LogP contribution in [-0.2, 0) is 0 Å². The minimum Gasteiger partial charge on any atom is -0.349 e. The Kier molecular flexibility index (Phi) is 5.78. The molecule has 2 rings (SSSR count). The SMILES string of the molecule is CSC(=NC(C)(C)[C@H]1CC=C(C)CC1)N1CCN(C)CC1. The summed E-state index contributed by atoms with van der Waals surface area (Å²) in [5, 5.41) is 1.24. The Hall–Kier alpha value is -0.480. The fraction of sp³-hybridized carbons (Fsp3) is 0.824. The topological polar surface area (TPSA) is 18.8 Å². The predicted molar refractivity (Wildman–Crippen MR) is 95.2 cm³/mol. The van der Waals surface area contributed by atoms with Crippen LogP contribution in [0.4, 0.5) is 0 Å². The molecular formula is C17H31N3S. The first-order valence-corrected chi connectivity index (χ1v) is 9.38. The van der Waals surface area contributed by atoms with Crippen LogP contribution in [0.1, 0.15) is 40.0 Å². The zero-order valence-corrected chi connectivity index (χ0v) is 15.2. The second-order valence-electron chi connectivity index (χ2n) is 7.06. The average Bonchev–Trinajstić information content (AvgIpc) is 2.46. The molecule has 120 valence electrons. The molecule has 0 aromatic rings. The number of rotatable bonds is 2. The molecule has 0 N–H and O–H groups in total. The summed E-state index contributed by atoms with van der Waals surface area (Å²) < 4.78 is 0. The maximum atomic E-state index is 5.18. The maximum Gasteiger partial charge on any atom is 0.159 e. The van der Waals surface area contributed by atoms with Crippen molar-refractivity contribution in [2.75, 3.05) is 39.5 Å². The van der Waals surface area contributed by atoms with E-state index in [1.807, 2.05) is 11.8 Å². The summed E-state index contributed by atoms with van der Waals surface area (Å²) in [5.74, 6) is 0.677. The number of amidine groups is 1. The lowest BCUT2D eigenvalue weighted by atomic mass is 9.78. The van der Waals surface area contributed by atoms with Gasteiger partial charge in [-0.2, -0.15) is 0 Å². The molecule has 1 aliphatic heterocycles. The van der Waals surface area contributed by atoms with E-state index >= 15 is 0 Å². The molecule has 0 amide bonds. The molecule has 0 unspecified atom stereocenters. The second kappa shape index (κ2) is 7.19. The Morgan fingerprint density at radius 1 is 1.29 bits per heavy atom. The molecule has 0 saturated carbocycles. The van der Waals surface area contributed by atoms with E-state index in [1.54, 1.807) is 5.57 Å². The van der Waals surface area contributed by atoms with Gasteiger partial charge >= 0.3 is 0 Å². The molecule has 21 heavy (non-hydrogen) atoms. The van der Waals surface area contributed by atoms with Crippen molar-refractivity contribution in [3.8, 4) is 0 Å². The number of allylic oxidation sites excluding steroid dienone is 2. The van der Waals surface area contributed by atoms with E-state index in [-0.39, 0.29) is 5.54 Å². The Labute approximate surface area is 134 Å². The molecule has 0 aromatic carbocycles. The Morgan fingerprint density at radius 3 is 2.48 bits per heavy atom. The molecule has 1 fully saturated rings. The molecule has 1 aliphatic carbocycles. The summed E-state index contributed by atoms with van der Waals surface area (Å²) in [6.45, 7) is 11.4. The van der Waals surface area contributed by atoms with Crippen molar-refractivity contribution >= 4 is 16.9 Å². The summed E-state index contributed by atoms with van der Waals surface area (Å²) >= 11 is 1.81. The third-order valence-corrected chi connectivity index (χ3v) is 5.69. The van der Waals surface area contributed by atoms with E-state index in [2.05, 4.69) is 50.0 Å². The molecular weight excluding hydrogens is 278 g/mol. The van der Waals surface area contributed by atoms with Crippen molar-refractivity contribution in [3.05, 3.63) is 11.6 Å². The molecule has 0 bridgehead atoms. The molecule has 0 spiro atoms. The van der Waals surface area contributed by atoms with Crippen molar-refractivity contribution in [1.82, 2.24) is 9.80 Å². The molecule has 1 heterocycles. The van der Waals surface area contributed by atoms with Crippen LogP contribution in [0.3, 0.4) is 0 Å². The van der Waals surface area contributed by atoms with Gasteiger partial charge in [0.1, 0.15) is 0 Å². The van der Waals surface area contributed by atoms with E-state index < -0.39 is 0 Å². The van der Waals surface area contributed by atoms with Gasteiger partial charge in [-0.15, -0.1) is 0 Å². The van der Waals surface area contributed by atoms with E-state index in [4.69, 9.17) is 4.99 Å². The van der Waals surface area contributed by atoms with Gasteiger partial charge in [-0.05, 0) is 59.3 Å². The standard InChI is InChI=1S/C17H31N3S/c1-14-6-8-15(9-7-14)17(2,3)18-16(21-5)20-12-10-19(4)11-13-20/h6,15H,7-13H2,1-5H3/t15-/m0/s1. The summed E-state index contributed by atoms with van der Waals surface area (Å²) in [6.07, 6.45) is 8.29. The first-order valence-electron chi connectivity index (χ1n) is 8.15. The normalized spacial score (nSPS) is 26.0. The van der Waals surface area contributed by atoms with Crippen molar-refractivity contribution in [2.45, 2.75) is 45.6 Å². The number of likely N-dealkylation sites (N-methyl/N-ethyl adjacent to an activating group) is 1. The zero-order valence-electron chi connectivity index (χ0n) is 14.4. The summed E-state index contributed by atoms with van der Waals surface area (Å²) in [5.41, 5.74) is 1.59. The monoisotopic (exact) mass is 309 g/mol. The molecule has 1 saturated heterocycles. The van der Waals surface area contributed by atoms with Crippen LogP contribution in [0.5, 0.6) is 0 Å². The van der Waals surface area contributed by atoms with Crippen LogP contribution in [-0.4, -0.2) is 60.0 Å². The maximum absolute atomic E-state index is 5.18. The second-order valence-corrected chi connectivity index (χ2v) is 7.84. The largest absolute Gasteiger partial charge is 0.349 e. The highest BCUT2D eigenvalue weighted by Crippen LogP contribution is 2.35. The summed E-state index contributed by atoms with van der Waals surface area (Å²) in [6, 6.07) is 0. The van der Waals surface area contributed by atoms with Gasteiger partial charge in [0.05, 0.1) is 5.54 Å². The fourth-order valence-corrected chi connectivity index (χ4v) is 3.96. The van der Waals surface area contributed by atoms with Crippen LogP contribution in [0.2, 0.25) is 0 Å². The van der Waals surface area contributed by atoms with Crippen LogP contribution < -0.4 is 0 Å². The highest BCUT2D eigenvalue weighted by atomic mass is 32.2. The van der Waals surface area contributed by atoms with E-state index in [0.717, 1.165) is 26.2 Å². The number of nitrogens with zero attached hydrogens (tertiary/aromatic N) is 3. The van der Waals surface area contributed by atoms with Crippen molar-refractivity contribution in [2.24, 2.45) is 10.9 Å². The van der Waals surface area contributed by atoms with Gasteiger partial charge in [-0.1, -0.05) is 23.4 Å². The van der Waals surface area contributed by atoms with E-state index in [1.165, 1.54) is 24.4 Å². The quantitative estimate of drug-likeness (QED) is 0.442. The molecule has 0 radical (unpaired) electrons. The van der Waals surface area contributed by atoms with E-state index in [9.17, 15) is 0 Å². The number of hydrogen-bond acceptors (Lipinski definition) is 3. The summed E-state index contributed by atoms with van der Waals surface area (Å²) in [7, 11) is 2.20. The summed E-state index contributed by atoms with van der Waals surface area (Å²) in [4.78, 5) is 10.0. The van der Waals surface area contributed by atoms with Gasteiger partial charge in [-0.25, -0.2) is 0 Å². The minimum atomic E-state index is 0.0406. The van der Waals surface area contributed by atoms with Gasteiger partial charge < -0.3 is 9.80 Å². The van der Waals surface area contributed by atoms with Gasteiger partial charge in [0.25, 0.3) is 0 Å². The zero-order chi connectivity index (χ0) is 15.5. The Balaban J connectivity index is 2.06. The van der Waals surface area contributed by atoms with Crippen molar-refractivity contribution in [1.29, 1.82) is 0 Å². The third kappa shape index (κ3) is 4.49. The van der Waals surface area contributed by atoms with Crippen molar-refractivity contribution in [3.63, 3.8) is 0 Å². The number of thioether (sulfide) groups is 1. The smallest absolute Gasteiger partial charge is 0.159 e. The Bertz CT molecular complexity index is 406. The minimum absolute atomic E-state index is 0.0406. The number of aliphatic imine (C=N–C) groups is 1. The molecule has 3 nitrogen and oxygen atoms in total. The van der Waals surface area contributed by atoms with Crippen molar-refractivity contribution < 1.29 is 0 Å². The Morgan fingerprint density at radius 2 is 1.95 bits per heavy atom.